The molecule has 2 aliphatic heterocycles. The van der Waals surface area contributed by atoms with E-state index in [1.165, 1.54) is 244 Å². The van der Waals surface area contributed by atoms with Crippen LogP contribution in [-0.4, -0.2) is 140 Å². The van der Waals surface area contributed by atoms with Crippen molar-refractivity contribution in [2.45, 2.75) is 396 Å². The smallest absolute Gasteiger partial charge is 0.220 e. The second-order valence-corrected chi connectivity index (χ2v) is 24.7. The van der Waals surface area contributed by atoms with Crippen LogP contribution < -0.4 is 5.32 Å². The molecule has 0 spiro atoms. The highest BCUT2D eigenvalue weighted by molar-refractivity contribution is 5.76. The molecule has 2 rings (SSSR count). The van der Waals surface area contributed by atoms with Crippen LogP contribution in [0.15, 0.2) is 0 Å². The number of hydrogen-bond donors (Lipinski definition) is 9. The Bertz CT molecular complexity index is 1350. The Morgan fingerprint density at radius 3 is 1.06 bits per heavy atom. The van der Waals surface area contributed by atoms with Gasteiger partial charge >= 0.3 is 0 Å². The van der Waals surface area contributed by atoms with Crippen LogP contribution in [0.25, 0.3) is 0 Å². The highest BCUT2D eigenvalue weighted by atomic mass is 16.7. The Kier molecular flexibility index (Phi) is 49.1. The van der Waals surface area contributed by atoms with Gasteiger partial charge in [-0.25, -0.2) is 0 Å². The minimum atomic E-state index is -1.78. The lowest BCUT2D eigenvalue weighted by Gasteiger charge is -2.46. The molecule has 14 heteroatoms. The second-order valence-electron chi connectivity index (χ2n) is 24.7. The second kappa shape index (κ2) is 52.3. The van der Waals surface area contributed by atoms with Crippen molar-refractivity contribution in [2.75, 3.05) is 19.8 Å². The fourth-order valence-electron chi connectivity index (χ4n) is 11.8. The molecule has 476 valence electrons. The van der Waals surface area contributed by atoms with E-state index in [0.29, 0.717) is 12.8 Å². The first-order chi connectivity index (χ1) is 39.1. The maximum absolute atomic E-state index is 13.3. The average molecular weight is 1140 g/mol. The van der Waals surface area contributed by atoms with Crippen molar-refractivity contribution in [3.63, 3.8) is 0 Å². The van der Waals surface area contributed by atoms with Crippen molar-refractivity contribution in [3.05, 3.63) is 0 Å². The molecule has 2 saturated heterocycles. The molecule has 0 aromatic carbocycles. The Balaban J connectivity index is 1.59. The van der Waals surface area contributed by atoms with Gasteiger partial charge in [0.1, 0.15) is 48.8 Å². The summed E-state index contributed by atoms with van der Waals surface area (Å²) in [7, 11) is 0. The normalized spacial score (nSPS) is 24.1. The average Bonchev–Trinajstić information content (AvgIpc) is 3.49. The molecule has 2 aliphatic rings. The van der Waals surface area contributed by atoms with Crippen LogP contribution >= 0.6 is 0 Å². The van der Waals surface area contributed by atoms with Gasteiger partial charge in [0.25, 0.3) is 0 Å². The summed E-state index contributed by atoms with van der Waals surface area (Å²) in [5.74, 6) is -0.199. The Labute approximate surface area is 489 Å². The number of amides is 1. The van der Waals surface area contributed by atoms with E-state index in [1.807, 2.05) is 0 Å². The summed E-state index contributed by atoms with van der Waals surface area (Å²) in [6.45, 7) is 2.90. The van der Waals surface area contributed by atoms with Gasteiger partial charge in [0.15, 0.2) is 12.6 Å². The number of nitrogens with one attached hydrogen (secondary N) is 1. The highest BCUT2D eigenvalue weighted by Gasteiger charge is 2.51. The molecule has 2 fully saturated rings. The molecule has 9 N–H and O–H groups in total. The summed E-state index contributed by atoms with van der Waals surface area (Å²) in [6.07, 6.45) is 44.3. The topological polar surface area (TPSA) is 228 Å². The lowest BCUT2D eigenvalue weighted by Crippen LogP contribution is -2.65. The quantitative estimate of drug-likeness (QED) is 0.0259. The van der Waals surface area contributed by atoms with E-state index in [-0.39, 0.29) is 12.5 Å². The van der Waals surface area contributed by atoms with Crippen molar-refractivity contribution in [1.29, 1.82) is 0 Å². The lowest BCUT2D eigenvalue weighted by molar-refractivity contribution is -0.359. The van der Waals surface area contributed by atoms with E-state index >= 15 is 0 Å². The van der Waals surface area contributed by atoms with Crippen molar-refractivity contribution in [1.82, 2.24) is 5.32 Å². The molecule has 2 heterocycles. The summed E-state index contributed by atoms with van der Waals surface area (Å²) in [4.78, 5) is 13.3. The van der Waals surface area contributed by atoms with Gasteiger partial charge in [0.05, 0.1) is 32.0 Å². The van der Waals surface area contributed by atoms with Crippen molar-refractivity contribution < 1.29 is 64.6 Å². The van der Waals surface area contributed by atoms with Gasteiger partial charge in [-0.1, -0.05) is 303 Å². The number of aliphatic hydroxyl groups is 8. The van der Waals surface area contributed by atoms with E-state index < -0.39 is 86.8 Å². The van der Waals surface area contributed by atoms with Gasteiger partial charge in [-0.05, 0) is 12.8 Å². The van der Waals surface area contributed by atoms with Crippen LogP contribution in [0.4, 0.5) is 0 Å². The molecule has 1 amide bonds. The SMILES string of the molecule is CCCCCCCCCCCCCCCCCCCCCCCCCCCCCCCCCCCC(=O)N[C@@H](CO[C@@H]1O[C@H](CO)[C@@H](O[C@@H]2O[C@H](CO)[C@H](O)C(O)C2O)C(O)C1O)[C@H](O)CCCCCCCCCCCCCCC. The molecule has 0 saturated carbocycles. The van der Waals surface area contributed by atoms with Gasteiger partial charge in [-0.2, -0.15) is 0 Å². The zero-order chi connectivity index (χ0) is 58.1. The monoisotopic (exact) mass is 1140 g/mol. The number of ether oxygens (including phenoxy) is 4. The van der Waals surface area contributed by atoms with E-state index in [4.69, 9.17) is 18.9 Å². The summed E-state index contributed by atoms with van der Waals surface area (Å²) in [5, 5.41) is 87.3. The Morgan fingerprint density at radius 2 is 0.713 bits per heavy atom. The molecule has 0 aromatic rings. The first-order valence-electron chi connectivity index (χ1n) is 34.3. The van der Waals surface area contributed by atoms with E-state index in [1.54, 1.807) is 0 Å². The maximum Gasteiger partial charge on any atom is 0.220 e. The standard InChI is InChI=1S/C66H129NO13/c1-3-5-7-9-11-13-15-17-18-19-20-21-22-23-24-25-26-27-28-29-30-31-32-33-34-35-36-38-40-42-44-46-48-50-58(71)67-54(55(70)49-47-45-43-41-39-37-16-14-12-10-8-6-4-2)53-77-65-63(76)61(74)64(57(52-69)79-65)80-66-62(75)60(73)59(72)56(51-68)78-66/h54-57,59-66,68-70,72-76H,3-53H2,1-2H3,(H,67,71)/t54-,55+,56+,57+,59-,60?,61?,62?,63?,64+,65+,66-/m0/s1. The number of carbonyl (C=O) groups excluding carboxylic acids is 1. The van der Waals surface area contributed by atoms with Crippen LogP contribution in [0.5, 0.6) is 0 Å². The van der Waals surface area contributed by atoms with Gasteiger partial charge in [-0.15, -0.1) is 0 Å². The minimum Gasteiger partial charge on any atom is -0.394 e. The van der Waals surface area contributed by atoms with Crippen LogP contribution in [0.1, 0.15) is 322 Å². The summed E-state index contributed by atoms with van der Waals surface area (Å²) < 4.78 is 22.9. The molecule has 0 bridgehead atoms. The number of aliphatic hydroxyl groups excluding tert-OH is 8. The largest absolute Gasteiger partial charge is 0.394 e. The Morgan fingerprint density at radius 1 is 0.400 bits per heavy atom. The fourth-order valence-corrected chi connectivity index (χ4v) is 11.8. The first kappa shape index (κ1) is 75.1. The molecule has 12 atom stereocenters. The first-order valence-corrected chi connectivity index (χ1v) is 34.3. The third-order valence-corrected chi connectivity index (χ3v) is 17.3. The minimum absolute atomic E-state index is 0.199. The van der Waals surface area contributed by atoms with Crippen molar-refractivity contribution >= 4 is 5.91 Å². The zero-order valence-electron chi connectivity index (χ0n) is 51.6. The zero-order valence-corrected chi connectivity index (χ0v) is 51.6. The predicted molar refractivity (Wildman–Crippen MR) is 323 cm³/mol. The molecular weight excluding hydrogens is 1010 g/mol. The van der Waals surface area contributed by atoms with E-state index in [0.717, 1.165) is 51.4 Å². The van der Waals surface area contributed by atoms with E-state index in [9.17, 15) is 45.6 Å². The van der Waals surface area contributed by atoms with Crippen molar-refractivity contribution in [2.24, 2.45) is 0 Å². The maximum atomic E-state index is 13.3. The third kappa shape index (κ3) is 36.7. The predicted octanol–water partition coefficient (Wildman–Crippen LogP) is 13.2. The third-order valence-electron chi connectivity index (χ3n) is 17.3. The van der Waals surface area contributed by atoms with Crippen LogP contribution in [0, 0.1) is 0 Å². The number of rotatable bonds is 57. The number of unbranched alkanes of at least 4 members (excludes halogenated alkanes) is 44. The van der Waals surface area contributed by atoms with Crippen LogP contribution in [0.3, 0.4) is 0 Å². The van der Waals surface area contributed by atoms with Gasteiger partial charge in [-0.3, -0.25) is 4.79 Å². The molecule has 14 nitrogen and oxygen atoms in total. The number of carbonyl (C=O) groups is 1. The lowest BCUT2D eigenvalue weighted by atomic mass is 9.97. The van der Waals surface area contributed by atoms with E-state index in [2.05, 4.69) is 19.2 Å². The number of hydrogen-bond acceptors (Lipinski definition) is 13. The summed E-state index contributed by atoms with van der Waals surface area (Å²) >= 11 is 0. The van der Waals surface area contributed by atoms with Gasteiger partial charge in [0, 0.05) is 6.42 Å². The van der Waals surface area contributed by atoms with Crippen molar-refractivity contribution in [3.8, 4) is 0 Å². The fraction of sp³-hybridized carbons (Fsp3) is 0.985. The molecule has 0 aromatic heterocycles. The van der Waals surface area contributed by atoms with Crippen LogP contribution in [0.2, 0.25) is 0 Å². The Hall–Kier alpha value is -1.01. The summed E-state index contributed by atoms with van der Waals surface area (Å²) in [5.41, 5.74) is 0. The highest BCUT2D eigenvalue weighted by Crippen LogP contribution is 2.30. The molecule has 0 radical (unpaired) electrons. The van der Waals surface area contributed by atoms with Gasteiger partial charge in [0.2, 0.25) is 5.91 Å². The van der Waals surface area contributed by atoms with Crippen LogP contribution in [-0.2, 0) is 23.7 Å². The summed E-state index contributed by atoms with van der Waals surface area (Å²) in [6, 6.07) is -0.823. The molecule has 80 heavy (non-hydrogen) atoms. The molecule has 0 aliphatic carbocycles. The van der Waals surface area contributed by atoms with Gasteiger partial charge < -0.3 is 65.1 Å². The molecule has 4 unspecified atom stereocenters. The molecular formula is C66H129NO13.